The maximum atomic E-state index is 6.37. The topological polar surface area (TPSA) is 38.9 Å². The van der Waals surface area contributed by atoms with Crippen LogP contribution in [0, 0.1) is 0 Å². The Labute approximate surface area is 296 Å². The number of benzene rings is 7. The van der Waals surface area contributed by atoms with Crippen molar-refractivity contribution in [2.45, 2.75) is 12.3 Å². The van der Waals surface area contributed by atoms with Gasteiger partial charge in [0.15, 0.2) is 5.82 Å². The van der Waals surface area contributed by atoms with Crippen LogP contribution in [-0.4, -0.2) is 9.97 Å². The minimum atomic E-state index is -0.292. The molecule has 51 heavy (non-hydrogen) atoms. The van der Waals surface area contributed by atoms with Crippen molar-refractivity contribution in [3.8, 4) is 56.2 Å². The van der Waals surface area contributed by atoms with E-state index in [9.17, 15) is 0 Å². The Bertz CT molecular complexity index is 2750. The molecule has 0 N–H and O–H groups in total. The molecule has 1 aliphatic carbocycles. The highest BCUT2D eigenvalue weighted by Gasteiger charge is 2.41. The van der Waals surface area contributed by atoms with Gasteiger partial charge in [-0.25, -0.2) is 9.97 Å². The Balaban J connectivity index is 1.14. The van der Waals surface area contributed by atoms with Crippen LogP contribution in [0.15, 0.2) is 180 Å². The first-order valence-electron chi connectivity index (χ1n) is 17.4. The zero-order chi connectivity index (χ0) is 33.9. The van der Waals surface area contributed by atoms with Gasteiger partial charge in [-0.15, -0.1) is 0 Å². The van der Waals surface area contributed by atoms with Crippen molar-refractivity contribution in [3.63, 3.8) is 0 Å². The van der Waals surface area contributed by atoms with Gasteiger partial charge in [0.05, 0.1) is 11.4 Å². The Morgan fingerprint density at radius 1 is 0.451 bits per heavy atom. The summed E-state index contributed by atoms with van der Waals surface area (Å²) in [6, 6.07) is 62.0. The third-order valence-corrected chi connectivity index (χ3v) is 10.6. The smallest absolute Gasteiger partial charge is 0.160 e. The number of nitrogens with zero attached hydrogens (tertiary/aromatic N) is 2. The van der Waals surface area contributed by atoms with Gasteiger partial charge in [-0.1, -0.05) is 164 Å². The van der Waals surface area contributed by atoms with Gasteiger partial charge in [0.25, 0.3) is 0 Å². The molecule has 3 heteroatoms. The van der Waals surface area contributed by atoms with Crippen LogP contribution in [0.5, 0.6) is 0 Å². The molecule has 0 spiro atoms. The van der Waals surface area contributed by atoms with Crippen LogP contribution in [0.2, 0.25) is 0 Å². The van der Waals surface area contributed by atoms with E-state index >= 15 is 0 Å². The summed E-state index contributed by atoms with van der Waals surface area (Å²) in [7, 11) is 0. The van der Waals surface area contributed by atoms with Crippen LogP contribution in [0.4, 0.5) is 0 Å². The number of rotatable bonds is 5. The van der Waals surface area contributed by atoms with E-state index in [1.807, 2.05) is 30.3 Å². The zero-order valence-corrected chi connectivity index (χ0v) is 28.0. The largest absolute Gasteiger partial charge is 0.455 e. The van der Waals surface area contributed by atoms with Crippen molar-refractivity contribution >= 4 is 21.9 Å². The number of para-hydroxylation sites is 2. The molecule has 2 heterocycles. The molecule has 0 saturated heterocycles. The highest BCUT2D eigenvalue weighted by molar-refractivity contribution is 6.09. The Kier molecular flexibility index (Phi) is 6.62. The first kappa shape index (κ1) is 29.3. The van der Waals surface area contributed by atoms with Crippen molar-refractivity contribution < 1.29 is 4.42 Å². The third kappa shape index (κ3) is 4.59. The van der Waals surface area contributed by atoms with Crippen molar-refractivity contribution in [2.75, 3.05) is 0 Å². The van der Waals surface area contributed by atoms with Gasteiger partial charge in [-0.2, -0.15) is 0 Å². The Morgan fingerprint density at radius 2 is 1.06 bits per heavy atom. The minimum absolute atomic E-state index is 0.292. The van der Waals surface area contributed by atoms with E-state index in [-0.39, 0.29) is 5.41 Å². The van der Waals surface area contributed by atoms with Gasteiger partial charge in [-0.05, 0) is 52.4 Å². The lowest BCUT2D eigenvalue weighted by atomic mass is 9.74. The summed E-state index contributed by atoms with van der Waals surface area (Å²) < 4.78 is 6.37. The molecule has 1 atom stereocenters. The molecule has 0 radical (unpaired) electrons. The average Bonchev–Trinajstić information content (AvgIpc) is 3.72. The predicted molar refractivity (Wildman–Crippen MR) is 208 cm³/mol. The minimum Gasteiger partial charge on any atom is -0.455 e. The molecule has 0 saturated carbocycles. The molecule has 3 nitrogen and oxygen atoms in total. The maximum absolute atomic E-state index is 6.37. The molecular weight excluding hydrogens is 621 g/mol. The zero-order valence-electron chi connectivity index (χ0n) is 28.0. The second-order valence-electron chi connectivity index (χ2n) is 13.5. The summed E-state index contributed by atoms with van der Waals surface area (Å²) in [4.78, 5) is 10.4. The molecule has 2 aromatic heterocycles. The summed E-state index contributed by atoms with van der Waals surface area (Å²) in [6.07, 6.45) is 0. The van der Waals surface area contributed by atoms with Crippen LogP contribution in [0.1, 0.15) is 23.6 Å². The second-order valence-corrected chi connectivity index (χ2v) is 13.5. The van der Waals surface area contributed by atoms with E-state index in [0.717, 1.165) is 61.1 Å². The van der Waals surface area contributed by atoms with Gasteiger partial charge in [0.1, 0.15) is 11.2 Å². The first-order valence-corrected chi connectivity index (χ1v) is 17.4. The quantitative estimate of drug-likeness (QED) is 0.186. The predicted octanol–water partition coefficient (Wildman–Crippen LogP) is 12.4. The molecular formula is C48H32N2O. The average molecular weight is 653 g/mol. The number of aromatic nitrogens is 2. The highest BCUT2D eigenvalue weighted by Crippen LogP contribution is 2.55. The molecule has 7 aromatic carbocycles. The summed E-state index contributed by atoms with van der Waals surface area (Å²) in [5.41, 5.74) is 14.9. The van der Waals surface area contributed by atoms with Crippen LogP contribution in [0.25, 0.3) is 78.1 Å². The number of furan rings is 1. The first-order chi connectivity index (χ1) is 25.2. The van der Waals surface area contributed by atoms with E-state index in [4.69, 9.17) is 14.4 Å². The van der Waals surface area contributed by atoms with Crippen LogP contribution in [0.3, 0.4) is 0 Å². The van der Waals surface area contributed by atoms with E-state index < -0.39 is 0 Å². The van der Waals surface area contributed by atoms with E-state index in [2.05, 4.69) is 153 Å². The fourth-order valence-electron chi connectivity index (χ4n) is 8.08. The van der Waals surface area contributed by atoms with Gasteiger partial charge in [0.2, 0.25) is 0 Å². The maximum Gasteiger partial charge on any atom is 0.160 e. The van der Waals surface area contributed by atoms with Crippen molar-refractivity contribution in [2.24, 2.45) is 0 Å². The van der Waals surface area contributed by atoms with Crippen LogP contribution >= 0.6 is 0 Å². The summed E-state index contributed by atoms with van der Waals surface area (Å²) in [5, 5.41) is 2.26. The van der Waals surface area contributed by atoms with Crippen molar-refractivity contribution in [1.82, 2.24) is 9.97 Å². The molecule has 0 amide bonds. The number of fused-ring (bicyclic) bond motifs is 6. The van der Waals surface area contributed by atoms with E-state index in [1.54, 1.807) is 0 Å². The molecule has 9 aromatic rings. The molecule has 0 fully saturated rings. The molecule has 240 valence electrons. The molecule has 1 unspecified atom stereocenters. The summed E-state index contributed by atoms with van der Waals surface area (Å²) in [6.45, 7) is 2.35. The highest BCUT2D eigenvalue weighted by atomic mass is 16.3. The van der Waals surface area contributed by atoms with Crippen LogP contribution < -0.4 is 0 Å². The lowest BCUT2D eigenvalue weighted by Crippen LogP contribution is -2.22. The number of hydrogen-bond donors (Lipinski definition) is 0. The van der Waals surface area contributed by atoms with Gasteiger partial charge >= 0.3 is 0 Å². The summed E-state index contributed by atoms with van der Waals surface area (Å²) in [5.74, 6) is 0.703. The standard InChI is InChI=1S/C48H32N2O/c1-48(34-16-6-3-7-17-34)40-23-10-8-19-38(40)45-39(22-13-24-41(45)48)43-30-42(49-47(50-43)33-14-4-2-5-15-33)32-28-26-31(27-29-32)35-20-12-21-37-36-18-9-11-25-44(36)51-46(35)37/h2-30H,1H3. The second kappa shape index (κ2) is 11.5. The van der Waals surface area contributed by atoms with Gasteiger partial charge in [0, 0.05) is 38.4 Å². The Hall–Kier alpha value is -6.58. The van der Waals surface area contributed by atoms with Crippen molar-refractivity contribution in [3.05, 3.63) is 193 Å². The molecule has 0 aliphatic heterocycles. The third-order valence-electron chi connectivity index (χ3n) is 10.6. The summed E-state index contributed by atoms with van der Waals surface area (Å²) >= 11 is 0. The monoisotopic (exact) mass is 652 g/mol. The normalized spacial score (nSPS) is 14.8. The SMILES string of the molecule is CC1(c2ccccc2)c2ccccc2-c2c(-c3cc(-c4ccc(-c5cccc6c5oc5ccccc56)cc4)nc(-c4ccccc4)n3)cccc21. The lowest BCUT2D eigenvalue weighted by Gasteiger charge is -2.28. The molecule has 10 rings (SSSR count). The lowest BCUT2D eigenvalue weighted by molar-refractivity contribution is 0.670. The Morgan fingerprint density at radius 3 is 1.90 bits per heavy atom. The van der Waals surface area contributed by atoms with E-state index in [0.29, 0.717) is 5.82 Å². The fraction of sp³-hybridized carbons (Fsp3) is 0.0417. The fourth-order valence-corrected chi connectivity index (χ4v) is 8.08. The van der Waals surface area contributed by atoms with Gasteiger partial charge < -0.3 is 4.42 Å². The molecule has 0 bridgehead atoms. The van der Waals surface area contributed by atoms with Crippen LogP contribution in [-0.2, 0) is 5.41 Å². The van der Waals surface area contributed by atoms with E-state index in [1.165, 1.54) is 27.8 Å². The van der Waals surface area contributed by atoms with Crippen molar-refractivity contribution in [1.29, 1.82) is 0 Å². The molecule has 1 aliphatic rings. The number of hydrogen-bond acceptors (Lipinski definition) is 3. The van der Waals surface area contributed by atoms with Gasteiger partial charge in [-0.3, -0.25) is 0 Å².